The molecular formula is C14H17BBrNO2. The average Bonchev–Trinajstić information content (AvgIpc) is 2.77. The fraction of sp³-hybridized carbons (Fsp3) is 0.500. The van der Waals surface area contributed by atoms with E-state index >= 15 is 0 Å². The molecule has 1 aliphatic carbocycles. The van der Waals surface area contributed by atoms with Gasteiger partial charge in [0.2, 0.25) is 0 Å². The van der Waals surface area contributed by atoms with Crippen molar-refractivity contribution in [1.82, 2.24) is 4.98 Å². The van der Waals surface area contributed by atoms with Gasteiger partial charge >= 0.3 is 7.12 Å². The lowest BCUT2D eigenvalue weighted by Gasteiger charge is -2.32. The summed E-state index contributed by atoms with van der Waals surface area (Å²) < 4.78 is 13.2. The van der Waals surface area contributed by atoms with Crippen LogP contribution in [0.4, 0.5) is 0 Å². The molecule has 5 heteroatoms. The van der Waals surface area contributed by atoms with Gasteiger partial charge in [-0.05, 0) is 60.7 Å². The van der Waals surface area contributed by atoms with Gasteiger partial charge in [0.1, 0.15) is 0 Å². The number of hydrogen-bond donors (Lipinski definition) is 0. The Labute approximate surface area is 122 Å². The fourth-order valence-corrected chi connectivity index (χ4v) is 2.72. The second-order valence-electron chi connectivity index (χ2n) is 6.10. The van der Waals surface area contributed by atoms with Crippen LogP contribution in [0.2, 0.25) is 0 Å². The lowest BCUT2D eigenvalue weighted by Crippen LogP contribution is -2.41. The maximum absolute atomic E-state index is 6.11. The molecule has 2 heterocycles. The van der Waals surface area contributed by atoms with Gasteiger partial charge in [-0.2, -0.15) is 0 Å². The van der Waals surface area contributed by atoms with Gasteiger partial charge in [0, 0.05) is 17.1 Å². The molecule has 3 rings (SSSR count). The Hall–Kier alpha value is -0.645. The molecule has 1 aromatic rings. The predicted octanol–water partition coefficient (Wildman–Crippen LogP) is 3.42. The monoisotopic (exact) mass is 321 g/mol. The van der Waals surface area contributed by atoms with Crippen molar-refractivity contribution in [2.24, 2.45) is 0 Å². The first kappa shape index (κ1) is 13.3. The molecule has 0 bridgehead atoms. The molecule has 0 amide bonds. The quantitative estimate of drug-likeness (QED) is 0.743. The summed E-state index contributed by atoms with van der Waals surface area (Å²) >= 11 is 3.47. The van der Waals surface area contributed by atoms with Crippen LogP contribution in [-0.2, 0) is 15.7 Å². The Kier molecular flexibility index (Phi) is 2.93. The zero-order valence-corrected chi connectivity index (χ0v) is 13.2. The van der Waals surface area contributed by atoms with Gasteiger partial charge in [-0.1, -0.05) is 6.08 Å². The highest BCUT2D eigenvalue weighted by Gasteiger charge is 2.53. The van der Waals surface area contributed by atoms with Crippen LogP contribution in [0.1, 0.15) is 39.0 Å². The van der Waals surface area contributed by atoms with Crippen LogP contribution < -0.4 is 0 Å². The Bertz CT molecular complexity index is 553. The van der Waals surface area contributed by atoms with E-state index in [1.54, 1.807) is 0 Å². The molecule has 0 spiro atoms. The number of allylic oxidation sites excluding steroid dienone is 1. The molecule has 0 unspecified atom stereocenters. The third kappa shape index (κ3) is 2.08. The molecule has 19 heavy (non-hydrogen) atoms. The van der Waals surface area contributed by atoms with Gasteiger partial charge < -0.3 is 9.31 Å². The fourth-order valence-electron chi connectivity index (χ4n) is 2.39. The summed E-state index contributed by atoms with van der Waals surface area (Å²) in [6.45, 7) is 8.29. The van der Waals surface area contributed by atoms with Crippen molar-refractivity contribution < 1.29 is 9.31 Å². The summed E-state index contributed by atoms with van der Waals surface area (Å²) in [4.78, 5) is 4.44. The van der Waals surface area contributed by atoms with E-state index in [1.807, 2.05) is 6.20 Å². The number of fused-ring (bicyclic) bond motifs is 1. The Morgan fingerprint density at radius 1 is 1.21 bits per heavy atom. The lowest BCUT2D eigenvalue weighted by atomic mass is 9.75. The highest BCUT2D eigenvalue weighted by Crippen LogP contribution is 2.42. The van der Waals surface area contributed by atoms with Gasteiger partial charge in [0.05, 0.1) is 16.9 Å². The van der Waals surface area contributed by atoms with E-state index in [2.05, 4.69) is 60.8 Å². The largest absolute Gasteiger partial charge is 0.495 e. The van der Waals surface area contributed by atoms with Crippen LogP contribution in [-0.4, -0.2) is 23.3 Å². The van der Waals surface area contributed by atoms with Gasteiger partial charge in [-0.25, -0.2) is 0 Å². The minimum absolute atomic E-state index is 0.303. The van der Waals surface area contributed by atoms with E-state index in [9.17, 15) is 0 Å². The number of hydrogen-bond acceptors (Lipinski definition) is 3. The SMILES string of the molecule is CC1(C)OB(C2=CCc3ncc(Br)cc32)OC1(C)C. The van der Waals surface area contributed by atoms with Crippen LogP contribution in [0.3, 0.4) is 0 Å². The van der Waals surface area contributed by atoms with E-state index in [4.69, 9.17) is 9.31 Å². The zero-order chi connectivity index (χ0) is 13.8. The van der Waals surface area contributed by atoms with E-state index in [0.29, 0.717) is 0 Å². The van der Waals surface area contributed by atoms with Crippen molar-refractivity contribution in [1.29, 1.82) is 0 Å². The second kappa shape index (κ2) is 4.17. The average molecular weight is 322 g/mol. The normalized spacial score (nSPS) is 23.4. The maximum atomic E-state index is 6.11. The molecule has 1 aliphatic heterocycles. The van der Waals surface area contributed by atoms with Crippen molar-refractivity contribution in [2.45, 2.75) is 45.3 Å². The van der Waals surface area contributed by atoms with Crippen molar-refractivity contribution in [3.05, 3.63) is 34.1 Å². The summed E-state index contributed by atoms with van der Waals surface area (Å²) in [5, 5.41) is 0. The molecule has 0 aromatic carbocycles. The van der Waals surface area contributed by atoms with Crippen molar-refractivity contribution in [3.63, 3.8) is 0 Å². The lowest BCUT2D eigenvalue weighted by molar-refractivity contribution is 0.00578. The summed E-state index contributed by atoms with van der Waals surface area (Å²) in [7, 11) is -0.303. The number of halogens is 1. The molecule has 1 aromatic heterocycles. The molecule has 0 N–H and O–H groups in total. The van der Waals surface area contributed by atoms with E-state index in [1.165, 1.54) is 0 Å². The van der Waals surface area contributed by atoms with Crippen molar-refractivity contribution >= 4 is 28.5 Å². The molecule has 3 nitrogen and oxygen atoms in total. The smallest absolute Gasteiger partial charge is 0.399 e. The first-order valence-electron chi connectivity index (χ1n) is 6.51. The third-order valence-corrected chi connectivity index (χ3v) is 4.70. The molecule has 100 valence electrons. The third-order valence-electron chi connectivity index (χ3n) is 4.27. The number of pyridine rings is 1. The van der Waals surface area contributed by atoms with Crippen LogP contribution in [0.15, 0.2) is 22.8 Å². The van der Waals surface area contributed by atoms with Crippen molar-refractivity contribution in [2.75, 3.05) is 0 Å². The first-order valence-corrected chi connectivity index (χ1v) is 7.30. The second-order valence-corrected chi connectivity index (χ2v) is 7.02. The van der Waals surface area contributed by atoms with Crippen molar-refractivity contribution in [3.8, 4) is 0 Å². The molecule has 0 radical (unpaired) electrons. The van der Waals surface area contributed by atoms with E-state index in [-0.39, 0.29) is 18.3 Å². The minimum Gasteiger partial charge on any atom is -0.399 e. The van der Waals surface area contributed by atoms with Gasteiger partial charge in [0.15, 0.2) is 0 Å². The van der Waals surface area contributed by atoms with Crippen LogP contribution in [0.5, 0.6) is 0 Å². The number of nitrogens with zero attached hydrogens (tertiary/aromatic N) is 1. The van der Waals surface area contributed by atoms with E-state index < -0.39 is 0 Å². The number of aromatic nitrogens is 1. The highest BCUT2D eigenvalue weighted by molar-refractivity contribution is 9.10. The van der Waals surface area contributed by atoms with Crippen LogP contribution >= 0.6 is 15.9 Å². The highest BCUT2D eigenvalue weighted by atomic mass is 79.9. The van der Waals surface area contributed by atoms with E-state index in [0.717, 1.165) is 27.6 Å². The van der Waals surface area contributed by atoms with Crippen LogP contribution in [0, 0.1) is 0 Å². The van der Waals surface area contributed by atoms with Gasteiger partial charge in [-0.15, -0.1) is 0 Å². The number of rotatable bonds is 1. The Morgan fingerprint density at radius 2 is 1.84 bits per heavy atom. The molecule has 1 saturated heterocycles. The van der Waals surface area contributed by atoms with Crippen LogP contribution in [0.25, 0.3) is 5.47 Å². The van der Waals surface area contributed by atoms with Gasteiger partial charge in [0.25, 0.3) is 0 Å². The minimum atomic E-state index is -0.305. The molecule has 1 fully saturated rings. The summed E-state index contributed by atoms with van der Waals surface area (Å²) in [5.41, 5.74) is 2.71. The summed E-state index contributed by atoms with van der Waals surface area (Å²) in [6.07, 6.45) is 4.84. The zero-order valence-electron chi connectivity index (χ0n) is 11.7. The molecule has 0 saturated carbocycles. The van der Waals surface area contributed by atoms with Gasteiger partial charge in [-0.3, -0.25) is 4.98 Å². The summed E-state index contributed by atoms with van der Waals surface area (Å²) in [6, 6.07) is 2.09. The Morgan fingerprint density at radius 3 is 2.47 bits per heavy atom. The topological polar surface area (TPSA) is 31.4 Å². The molecule has 0 atom stereocenters. The first-order chi connectivity index (χ1) is 8.80. The maximum Gasteiger partial charge on any atom is 0.495 e. The molecule has 2 aliphatic rings. The molecular weight excluding hydrogens is 305 g/mol. The Balaban J connectivity index is 1.94. The predicted molar refractivity (Wildman–Crippen MR) is 79.7 cm³/mol. The standard InChI is InChI=1S/C14H17BBrNO2/c1-13(2)14(3,4)19-15(18-13)11-5-6-12-10(11)7-9(16)8-17-12/h5,7-8H,6H2,1-4H3. The summed E-state index contributed by atoms with van der Waals surface area (Å²) in [5.74, 6) is 0.